The first kappa shape index (κ1) is 21.2. The summed E-state index contributed by atoms with van der Waals surface area (Å²) in [5, 5.41) is 4.94. The van der Waals surface area contributed by atoms with Crippen LogP contribution in [0.1, 0.15) is 0 Å². The zero-order chi connectivity index (χ0) is 17.3. The molecular weight excluding hydrogens is 386 g/mol. The maximum atomic E-state index is 12.0. The molecule has 0 aliphatic carbocycles. The van der Waals surface area contributed by atoms with Crippen molar-refractivity contribution in [2.45, 2.75) is 3.54 Å². The van der Waals surface area contributed by atoms with E-state index in [1.54, 1.807) is 4.72 Å². The highest BCUT2D eigenvalue weighted by Gasteiger charge is 2.63. The standard InChI is InChI=1S/C6H17N3O7S5/c1-8-21(15,16)9(5-17-2)6(18(3)10,19(4,11)12)20(7,13)14/h8H,5H2,1-4H3,(H2,7,13,14). The van der Waals surface area contributed by atoms with Gasteiger partial charge >= 0.3 is 3.54 Å². The van der Waals surface area contributed by atoms with Gasteiger partial charge in [-0.1, -0.05) is 0 Å². The van der Waals surface area contributed by atoms with Crippen LogP contribution in [0.4, 0.5) is 0 Å². The van der Waals surface area contributed by atoms with Gasteiger partial charge in [-0.05, 0) is 6.26 Å². The highest BCUT2D eigenvalue weighted by Crippen LogP contribution is 2.33. The fourth-order valence-corrected chi connectivity index (χ4v) is 11.4. The number of thioether (sulfide) groups is 1. The number of hydrogen-bond donors (Lipinski definition) is 2. The van der Waals surface area contributed by atoms with Crippen molar-refractivity contribution in [3.63, 3.8) is 0 Å². The fraction of sp³-hybridized carbons (Fsp3) is 1.00. The first-order valence-corrected chi connectivity index (χ1v) is 12.8. The van der Waals surface area contributed by atoms with Crippen molar-refractivity contribution >= 4 is 52.6 Å². The predicted molar refractivity (Wildman–Crippen MR) is 82.9 cm³/mol. The molecule has 21 heavy (non-hydrogen) atoms. The van der Waals surface area contributed by atoms with Crippen molar-refractivity contribution in [2.24, 2.45) is 5.14 Å². The number of nitrogens with two attached hydrogens (primary N) is 1. The van der Waals surface area contributed by atoms with Crippen molar-refractivity contribution in [1.29, 1.82) is 0 Å². The molecule has 0 saturated heterocycles. The molecule has 0 aromatic carbocycles. The summed E-state index contributed by atoms with van der Waals surface area (Å²) in [6, 6.07) is 0. The summed E-state index contributed by atoms with van der Waals surface area (Å²) >= 11 is 0.816. The van der Waals surface area contributed by atoms with E-state index >= 15 is 0 Å². The molecule has 0 heterocycles. The molecular formula is C6H17N3O7S5. The van der Waals surface area contributed by atoms with Crippen LogP contribution in [0.3, 0.4) is 0 Å². The molecule has 0 amide bonds. The molecule has 0 aromatic heterocycles. The molecule has 0 radical (unpaired) electrons. The Labute approximate surface area is 131 Å². The van der Waals surface area contributed by atoms with Crippen LogP contribution in [-0.2, 0) is 40.9 Å². The Bertz CT molecular complexity index is 678. The van der Waals surface area contributed by atoms with Gasteiger partial charge in [-0.25, -0.2) is 26.7 Å². The third kappa shape index (κ3) is 3.77. The Morgan fingerprint density at radius 2 is 1.67 bits per heavy atom. The largest absolute Gasteiger partial charge is 0.327 e. The fourth-order valence-electron chi connectivity index (χ4n) is 1.58. The topological polar surface area (TPSA) is 161 Å². The lowest BCUT2D eigenvalue weighted by molar-refractivity contribution is 0.430. The summed E-state index contributed by atoms with van der Waals surface area (Å²) in [5.41, 5.74) is 0. The lowest BCUT2D eigenvalue weighted by Crippen LogP contribution is -2.66. The molecule has 2 atom stereocenters. The summed E-state index contributed by atoms with van der Waals surface area (Å²) in [6.07, 6.45) is 2.62. The maximum absolute atomic E-state index is 12.0. The molecule has 0 spiro atoms. The summed E-state index contributed by atoms with van der Waals surface area (Å²) in [6.45, 7) is 0. The van der Waals surface area contributed by atoms with Gasteiger partial charge in [0.15, 0.2) is 9.84 Å². The SMILES string of the molecule is CNS(=O)(=O)N(CSC)C(S(C)=O)(S(C)(=O)=O)S(N)(=O)=O. The molecule has 3 N–H and O–H groups in total. The van der Waals surface area contributed by atoms with Crippen LogP contribution in [0.2, 0.25) is 0 Å². The van der Waals surface area contributed by atoms with Gasteiger partial charge in [0, 0.05) is 19.6 Å². The van der Waals surface area contributed by atoms with E-state index < -0.39 is 50.3 Å². The number of sulfone groups is 1. The monoisotopic (exact) mass is 403 g/mol. The quantitative estimate of drug-likeness (QED) is 0.417. The second kappa shape index (κ2) is 6.77. The minimum Gasteiger partial charge on any atom is -0.256 e. The lowest BCUT2D eigenvalue weighted by Gasteiger charge is -2.36. The van der Waals surface area contributed by atoms with Gasteiger partial charge in [-0.15, -0.1) is 16.1 Å². The van der Waals surface area contributed by atoms with Gasteiger partial charge in [0.25, 0.3) is 20.2 Å². The highest BCUT2D eigenvalue weighted by molar-refractivity contribution is 8.23. The van der Waals surface area contributed by atoms with Crippen LogP contribution in [-0.4, -0.2) is 69.0 Å². The van der Waals surface area contributed by atoms with Crippen LogP contribution in [0.15, 0.2) is 0 Å². The molecule has 0 fully saturated rings. The van der Waals surface area contributed by atoms with E-state index in [0.717, 1.165) is 25.1 Å². The Hall–Kier alpha value is 0.230. The Balaban J connectivity index is 7.01. The summed E-state index contributed by atoms with van der Waals surface area (Å²) in [7, 11) is -16.1. The van der Waals surface area contributed by atoms with Crippen LogP contribution < -0.4 is 9.86 Å². The molecule has 0 rings (SSSR count). The molecule has 2 unspecified atom stereocenters. The number of primary sulfonamides is 1. The van der Waals surface area contributed by atoms with Crippen molar-refractivity contribution in [3.05, 3.63) is 0 Å². The molecule has 128 valence electrons. The van der Waals surface area contributed by atoms with Gasteiger partial charge in [0.2, 0.25) is 0 Å². The van der Waals surface area contributed by atoms with E-state index in [1.165, 1.54) is 6.26 Å². The third-order valence-corrected chi connectivity index (χ3v) is 12.5. The smallest absolute Gasteiger partial charge is 0.256 e. The molecule has 0 bridgehead atoms. The zero-order valence-electron chi connectivity index (χ0n) is 11.6. The van der Waals surface area contributed by atoms with E-state index in [9.17, 15) is 29.5 Å². The summed E-state index contributed by atoms with van der Waals surface area (Å²) in [5.74, 6) is -0.591. The van der Waals surface area contributed by atoms with Crippen LogP contribution in [0, 0.1) is 0 Å². The Morgan fingerprint density at radius 1 is 1.24 bits per heavy atom. The Kier molecular flexibility index (Phi) is 6.85. The lowest BCUT2D eigenvalue weighted by atomic mass is 11.2. The Morgan fingerprint density at radius 3 is 1.86 bits per heavy atom. The number of rotatable bonds is 8. The van der Waals surface area contributed by atoms with E-state index in [1.807, 2.05) is 0 Å². The van der Waals surface area contributed by atoms with Crippen LogP contribution >= 0.6 is 11.8 Å². The van der Waals surface area contributed by atoms with Gasteiger partial charge in [-0.3, -0.25) is 4.21 Å². The maximum Gasteiger partial charge on any atom is 0.327 e. The first-order chi connectivity index (χ1) is 9.20. The third-order valence-electron chi connectivity index (χ3n) is 2.29. The minimum absolute atomic E-state index is 0.0748. The highest BCUT2D eigenvalue weighted by atomic mass is 32.3. The first-order valence-electron chi connectivity index (χ1n) is 4.95. The second-order valence-corrected chi connectivity index (χ2v) is 12.5. The molecule has 15 heteroatoms. The normalized spacial score (nSPS) is 18.4. The van der Waals surface area contributed by atoms with Gasteiger partial charge in [0.1, 0.15) is 0 Å². The number of nitrogens with one attached hydrogen (secondary N) is 1. The van der Waals surface area contributed by atoms with Crippen molar-refractivity contribution in [3.8, 4) is 0 Å². The number of hydrogen-bond acceptors (Lipinski definition) is 8. The average molecular weight is 404 g/mol. The van der Waals surface area contributed by atoms with Crippen molar-refractivity contribution < 1.29 is 29.5 Å². The zero-order valence-corrected chi connectivity index (χ0v) is 15.7. The molecule has 0 aromatic rings. The molecule has 10 nitrogen and oxygen atoms in total. The summed E-state index contributed by atoms with van der Waals surface area (Å²) < 4.78 is 82.4. The molecule has 0 aliphatic heterocycles. The van der Waals surface area contributed by atoms with E-state index in [-0.39, 0.29) is 4.31 Å². The van der Waals surface area contributed by atoms with Gasteiger partial charge < -0.3 is 0 Å². The second-order valence-electron chi connectivity index (χ2n) is 3.77. The van der Waals surface area contributed by atoms with Crippen LogP contribution in [0.25, 0.3) is 0 Å². The molecule has 0 aliphatic rings. The number of nitrogens with zero attached hydrogens (tertiary/aromatic N) is 1. The van der Waals surface area contributed by atoms with Crippen LogP contribution in [0.5, 0.6) is 0 Å². The molecule has 0 saturated carbocycles. The van der Waals surface area contributed by atoms with E-state index in [4.69, 9.17) is 5.14 Å². The average Bonchev–Trinajstić information content (AvgIpc) is 2.24. The summed E-state index contributed by atoms with van der Waals surface area (Å²) in [4.78, 5) is 0. The predicted octanol–water partition coefficient (Wildman–Crippen LogP) is -2.60. The minimum atomic E-state index is -5.09. The van der Waals surface area contributed by atoms with E-state index in [0.29, 0.717) is 6.26 Å². The van der Waals surface area contributed by atoms with Crippen molar-refractivity contribution in [1.82, 2.24) is 9.03 Å². The number of sulfonamides is 1. The van der Waals surface area contributed by atoms with Gasteiger partial charge in [0.05, 0.1) is 16.7 Å². The van der Waals surface area contributed by atoms with E-state index in [2.05, 4.69) is 0 Å². The van der Waals surface area contributed by atoms with Gasteiger partial charge in [-0.2, -0.15) is 8.42 Å². The van der Waals surface area contributed by atoms with Crippen molar-refractivity contribution in [2.75, 3.05) is 31.7 Å².